The molecule has 1 aliphatic heterocycles. The molecule has 2 aromatic rings. The number of carbonyl (C=O) groups excluding carboxylic acids is 1. The summed E-state index contributed by atoms with van der Waals surface area (Å²) in [6.45, 7) is 0.768. The van der Waals surface area contributed by atoms with Gasteiger partial charge in [-0.15, -0.1) is 0 Å². The summed E-state index contributed by atoms with van der Waals surface area (Å²) in [5.41, 5.74) is 1.60. The predicted molar refractivity (Wildman–Crippen MR) is 93.8 cm³/mol. The number of para-hydroxylation sites is 2. The van der Waals surface area contributed by atoms with Gasteiger partial charge in [-0.1, -0.05) is 48.2 Å². The highest BCUT2D eigenvalue weighted by atomic mass is 32.2. The third-order valence-electron chi connectivity index (χ3n) is 3.21. The van der Waals surface area contributed by atoms with Crippen molar-refractivity contribution in [3.63, 3.8) is 0 Å². The molecule has 0 radical (unpaired) electrons. The summed E-state index contributed by atoms with van der Waals surface area (Å²) in [5.74, 6) is 0.987. The number of thioether (sulfide) groups is 1. The molecule has 22 heavy (non-hydrogen) atoms. The fraction of sp³-hybridized carbons (Fsp3) is 0.176. The van der Waals surface area contributed by atoms with Crippen LogP contribution in [0.3, 0.4) is 0 Å². The van der Waals surface area contributed by atoms with Crippen molar-refractivity contribution in [1.29, 1.82) is 0 Å². The van der Waals surface area contributed by atoms with Crippen LogP contribution in [0.4, 0.5) is 16.2 Å². The smallest absolute Gasteiger partial charge is 0.307 e. The van der Waals surface area contributed by atoms with Crippen LogP contribution in [0, 0.1) is 0 Å². The molecule has 0 aliphatic carbocycles. The summed E-state index contributed by atoms with van der Waals surface area (Å²) in [4.78, 5) is 18.9. The first-order valence-corrected chi connectivity index (χ1v) is 8.21. The van der Waals surface area contributed by atoms with Gasteiger partial charge in [-0.3, -0.25) is 4.99 Å². The number of nitrogens with zero attached hydrogens (tertiary/aromatic N) is 2. The Morgan fingerprint density at radius 1 is 1.05 bits per heavy atom. The predicted octanol–water partition coefficient (Wildman–Crippen LogP) is 4.22. The number of nitrogens with one attached hydrogen (secondary N) is 1. The van der Waals surface area contributed by atoms with E-state index in [1.807, 2.05) is 60.7 Å². The third-order valence-corrected chi connectivity index (χ3v) is 4.28. The summed E-state index contributed by atoms with van der Waals surface area (Å²) in [5, 5.41) is 3.69. The van der Waals surface area contributed by atoms with E-state index >= 15 is 0 Å². The normalized spacial score (nSPS) is 14.1. The van der Waals surface area contributed by atoms with Crippen LogP contribution in [0.5, 0.6) is 0 Å². The number of amides is 2. The first-order valence-electron chi connectivity index (χ1n) is 7.23. The standard InChI is InChI=1S/C17H17N3OS/c21-16(19-14-8-3-1-4-9-14)20(15-10-5-2-6-11-15)17-18-12-7-13-22-17/h1-6,8-11H,7,12-13H2,(H,19,21). The number of amidine groups is 1. The number of hydrogen-bond donors (Lipinski definition) is 1. The van der Waals surface area contributed by atoms with Gasteiger partial charge in [0.1, 0.15) is 0 Å². The molecule has 4 nitrogen and oxygen atoms in total. The Hall–Kier alpha value is -2.27. The van der Waals surface area contributed by atoms with Crippen LogP contribution in [0.2, 0.25) is 0 Å². The summed E-state index contributed by atoms with van der Waals surface area (Å²) in [7, 11) is 0. The Bertz CT molecular complexity index is 658. The number of aliphatic imine (C=N–C) groups is 1. The van der Waals surface area contributed by atoms with Crippen LogP contribution < -0.4 is 10.2 Å². The molecule has 3 rings (SSSR count). The molecule has 1 heterocycles. The van der Waals surface area contributed by atoms with Crippen LogP contribution >= 0.6 is 11.8 Å². The number of hydrogen-bond acceptors (Lipinski definition) is 3. The van der Waals surface area contributed by atoms with Gasteiger partial charge in [-0.25, -0.2) is 9.69 Å². The first-order chi connectivity index (χ1) is 10.8. The van der Waals surface area contributed by atoms with Crippen molar-refractivity contribution in [2.24, 2.45) is 4.99 Å². The summed E-state index contributed by atoms with van der Waals surface area (Å²) in [6, 6.07) is 18.9. The van der Waals surface area contributed by atoms with Crippen LogP contribution in [-0.4, -0.2) is 23.5 Å². The molecule has 0 fully saturated rings. The van der Waals surface area contributed by atoms with Crippen molar-refractivity contribution >= 4 is 34.3 Å². The summed E-state index contributed by atoms with van der Waals surface area (Å²) >= 11 is 1.62. The average Bonchev–Trinajstić information content (AvgIpc) is 2.58. The molecular weight excluding hydrogens is 294 g/mol. The zero-order chi connectivity index (χ0) is 15.2. The van der Waals surface area contributed by atoms with E-state index in [2.05, 4.69) is 10.3 Å². The highest BCUT2D eigenvalue weighted by Crippen LogP contribution is 2.23. The van der Waals surface area contributed by atoms with Gasteiger partial charge < -0.3 is 5.32 Å². The van der Waals surface area contributed by atoms with E-state index in [9.17, 15) is 4.79 Å². The van der Waals surface area contributed by atoms with Crippen molar-refractivity contribution in [1.82, 2.24) is 0 Å². The maximum absolute atomic E-state index is 12.7. The molecule has 0 unspecified atom stereocenters. The van der Waals surface area contributed by atoms with Gasteiger partial charge in [0, 0.05) is 18.0 Å². The minimum absolute atomic E-state index is 0.189. The van der Waals surface area contributed by atoms with Crippen LogP contribution in [-0.2, 0) is 0 Å². The molecule has 0 spiro atoms. The number of anilines is 2. The zero-order valence-corrected chi connectivity index (χ0v) is 12.9. The molecule has 112 valence electrons. The minimum atomic E-state index is -0.189. The average molecular weight is 311 g/mol. The van der Waals surface area contributed by atoms with E-state index in [1.54, 1.807) is 16.7 Å². The molecule has 0 atom stereocenters. The molecule has 1 aliphatic rings. The SMILES string of the molecule is O=C(Nc1ccccc1)N(C1=NCCCS1)c1ccccc1. The quantitative estimate of drug-likeness (QED) is 0.902. The van der Waals surface area contributed by atoms with Crippen LogP contribution in [0.25, 0.3) is 0 Å². The van der Waals surface area contributed by atoms with Crippen molar-refractivity contribution in [2.45, 2.75) is 6.42 Å². The molecule has 2 amide bonds. The lowest BCUT2D eigenvalue weighted by Gasteiger charge is -2.26. The fourth-order valence-corrected chi connectivity index (χ4v) is 3.13. The second kappa shape index (κ2) is 7.13. The second-order valence-electron chi connectivity index (χ2n) is 4.83. The number of benzene rings is 2. The van der Waals surface area contributed by atoms with Gasteiger partial charge in [-0.2, -0.15) is 0 Å². The van der Waals surface area contributed by atoms with Gasteiger partial charge in [0.05, 0.1) is 5.69 Å². The monoisotopic (exact) mass is 311 g/mol. The summed E-state index contributed by atoms with van der Waals surface area (Å²) in [6.07, 6.45) is 1.05. The summed E-state index contributed by atoms with van der Waals surface area (Å²) < 4.78 is 0. The lowest BCUT2D eigenvalue weighted by Crippen LogP contribution is -2.39. The fourth-order valence-electron chi connectivity index (χ4n) is 2.18. The molecular formula is C17H17N3OS. The van der Waals surface area contributed by atoms with E-state index in [4.69, 9.17) is 0 Å². The third kappa shape index (κ3) is 3.49. The Morgan fingerprint density at radius 3 is 2.36 bits per heavy atom. The zero-order valence-electron chi connectivity index (χ0n) is 12.1. The van der Waals surface area contributed by atoms with Crippen molar-refractivity contribution in [3.8, 4) is 0 Å². The van der Waals surface area contributed by atoms with E-state index in [-0.39, 0.29) is 6.03 Å². The maximum atomic E-state index is 12.7. The molecule has 0 bridgehead atoms. The van der Waals surface area contributed by atoms with Gasteiger partial charge in [-0.05, 0) is 30.7 Å². The molecule has 0 saturated heterocycles. The largest absolute Gasteiger partial charge is 0.332 e. The topological polar surface area (TPSA) is 44.7 Å². The van der Waals surface area contributed by atoms with E-state index in [0.717, 1.165) is 35.3 Å². The Morgan fingerprint density at radius 2 is 1.73 bits per heavy atom. The van der Waals surface area contributed by atoms with Crippen LogP contribution in [0.1, 0.15) is 6.42 Å². The van der Waals surface area contributed by atoms with Gasteiger partial charge in [0.25, 0.3) is 0 Å². The van der Waals surface area contributed by atoms with Gasteiger partial charge in [0.15, 0.2) is 5.17 Å². The first kappa shape index (κ1) is 14.7. The maximum Gasteiger partial charge on any atom is 0.332 e. The minimum Gasteiger partial charge on any atom is -0.307 e. The van der Waals surface area contributed by atoms with Crippen molar-refractivity contribution in [2.75, 3.05) is 22.5 Å². The van der Waals surface area contributed by atoms with Crippen molar-refractivity contribution < 1.29 is 4.79 Å². The Kier molecular flexibility index (Phi) is 4.75. The molecule has 5 heteroatoms. The van der Waals surface area contributed by atoms with Gasteiger partial charge >= 0.3 is 6.03 Å². The lowest BCUT2D eigenvalue weighted by atomic mass is 10.3. The van der Waals surface area contributed by atoms with Crippen LogP contribution in [0.15, 0.2) is 65.7 Å². The number of urea groups is 1. The van der Waals surface area contributed by atoms with E-state index in [0.29, 0.717) is 0 Å². The van der Waals surface area contributed by atoms with Gasteiger partial charge in [0.2, 0.25) is 0 Å². The van der Waals surface area contributed by atoms with Crippen molar-refractivity contribution in [3.05, 3.63) is 60.7 Å². The highest BCUT2D eigenvalue weighted by Gasteiger charge is 2.23. The highest BCUT2D eigenvalue weighted by molar-refractivity contribution is 8.14. The lowest BCUT2D eigenvalue weighted by molar-refractivity contribution is 0.259. The van der Waals surface area contributed by atoms with E-state index < -0.39 is 0 Å². The Balaban J connectivity index is 1.88. The Labute approximate surface area is 134 Å². The molecule has 1 N–H and O–H groups in total. The number of carbonyl (C=O) groups is 1. The molecule has 2 aromatic carbocycles. The number of rotatable bonds is 2. The molecule has 0 aromatic heterocycles. The second-order valence-corrected chi connectivity index (χ2v) is 5.90. The van der Waals surface area contributed by atoms with E-state index in [1.165, 1.54) is 0 Å². The molecule has 0 saturated carbocycles.